The summed E-state index contributed by atoms with van der Waals surface area (Å²) in [7, 11) is 0. The molecule has 0 radical (unpaired) electrons. The van der Waals surface area contributed by atoms with Gasteiger partial charge >= 0.3 is 0 Å². The van der Waals surface area contributed by atoms with Crippen LogP contribution in [0.2, 0.25) is 5.02 Å². The van der Waals surface area contributed by atoms with Gasteiger partial charge in [0.2, 0.25) is 0 Å². The van der Waals surface area contributed by atoms with E-state index in [4.69, 9.17) is 11.6 Å². The van der Waals surface area contributed by atoms with Gasteiger partial charge in [-0.2, -0.15) is 0 Å². The van der Waals surface area contributed by atoms with Crippen molar-refractivity contribution in [1.29, 1.82) is 0 Å². The summed E-state index contributed by atoms with van der Waals surface area (Å²) in [6.07, 6.45) is 1.60. The highest BCUT2D eigenvalue weighted by Crippen LogP contribution is 2.22. The van der Waals surface area contributed by atoms with Crippen LogP contribution in [0.15, 0.2) is 43.0 Å². The molecule has 0 unspecified atom stereocenters. The normalized spacial score (nSPS) is 10.0. The zero-order valence-electron chi connectivity index (χ0n) is 11.6. The minimum atomic E-state index is -0.281. The molecule has 0 saturated heterocycles. The second-order valence-corrected chi connectivity index (χ2v) is 4.82. The molecule has 1 aromatic carbocycles. The third-order valence-electron chi connectivity index (χ3n) is 2.76. The van der Waals surface area contributed by atoms with Crippen LogP contribution in [0.1, 0.15) is 16.1 Å². The smallest absolute Gasteiger partial charge is 0.272 e. The van der Waals surface area contributed by atoms with Crippen molar-refractivity contribution in [3.63, 3.8) is 0 Å². The molecule has 0 saturated carbocycles. The highest BCUT2D eigenvalue weighted by atomic mass is 35.5. The number of halogens is 1. The molecular weight excluding hydrogens is 288 g/mol. The Morgan fingerprint density at radius 1 is 1.33 bits per heavy atom. The maximum Gasteiger partial charge on any atom is 0.272 e. The lowest BCUT2D eigenvalue weighted by Gasteiger charge is -2.09. The first-order valence-corrected chi connectivity index (χ1v) is 6.74. The molecule has 2 rings (SSSR count). The molecule has 0 bridgehead atoms. The minimum Gasteiger partial charge on any atom is -0.347 e. The van der Waals surface area contributed by atoms with Gasteiger partial charge in [0.05, 0.1) is 0 Å². The van der Waals surface area contributed by atoms with Crippen LogP contribution < -0.4 is 10.6 Å². The van der Waals surface area contributed by atoms with Gasteiger partial charge in [0.1, 0.15) is 0 Å². The van der Waals surface area contributed by atoms with Crippen LogP contribution in [0.4, 0.5) is 11.5 Å². The van der Waals surface area contributed by atoms with E-state index in [1.54, 1.807) is 24.3 Å². The quantitative estimate of drug-likeness (QED) is 0.833. The number of rotatable bonds is 5. The van der Waals surface area contributed by atoms with Crippen LogP contribution in [0, 0.1) is 6.92 Å². The van der Waals surface area contributed by atoms with E-state index >= 15 is 0 Å². The highest BCUT2D eigenvalue weighted by Gasteiger charge is 2.07. The van der Waals surface area contributed by atoms with Gasteiger partial charge in [0, 0.05) is 17.3 Å². The summed E-state index contributed by atoms with van der Waals surface area (Å²) in [6.45, 7) is 5.87. The molecule has 1 amide bonds. The number of nitrogens with zero attached hydrogens (tertiary/aromatic N) is 2. The van der Waals surface area contributed by atoms with E-state index < -0.39 is 0 Å². The Morgan fingerprint density at radius 3 is 2.76 bits per heavy atom. The summed E-state index contributed by atoms with van der Waals surface area (Å²) in [4.78, 5) is 11.7. The zero-order chi connectivity index (χ0) is 15.2. The lowest BCUT2D eigenvalue weighted by Crippen LogP contribution is -2.24. The third kappa shape index (κ3) is 4.03. The Hall–Kier alpha value is -2.40. The Morgan fingerprint density at radius 2 is 2.14 bits per heavy atom. The number of carbonyl (C=O) groups is 1. The van der Waals surface area contributed by atoms with Crippen LogP contribution in [0.5, 0.6) is 0 Å². The van der Waals surface area contributed by atoms with Crippen LogP contribution in [-0.2, 0) is 0 Å². The first-order valence-electron chi connectivity index (χ1n) is 6.36. The molecule has 0 atom stereocenters. The average Bonchev–Trinajstić information content (AvgIpc) is 2.48. The average molecular weight is 303 g/mol. The molecule has 1 aromatic heterocycles. The van der Waals surface area contributed by atoms with Gasteiger partial charge in [0.15, 0.2) is 11.5 Å². The van der Waals surface area contributed by atoms with Crippen molar-refractivity contribution < 1.29 is 4.79 Å². The maximum atomic E-state index is 11.7. The molecule has 0 aliphatic carbocycles. The molecule has 108 valence electrons. The second-order valence-electron chi connectivity index (χ2n) is 4.39. The minimum absolute atomic E-state index is 0.259. The van der Waals surface area contributed by atoms with E-state index in [1.807, 2.05) is 19.1 Å². The first kappa shape index (κ1) is 15.0. The number of aryl methyl sites for hydroxylation is 1. The summed E-state index contributed by atoms with van der Waals surface area (Å²) in [5.41, 5.74) is 2.14. The number of benzene rings is 1. The van der Waals surface area contributed by atoms with Crippen molar-refractivity contribution in [2.75, 3.05) is 11.9 Å². The Labute approximate surface area is 128 Å². The molecule has 21 heavy (non-hydrogen) atoms. The number of hydrogen-bond donors (Lipinski definition) is 2. The topological polar surface area (TPSA) is 66.9 Å². The Bertz CT molecular complexity index is 655. The van der Waals surface area contributed by atoms with E-state index in [1.165, 1.54) is 0 Å². The maximum absolute atomic E-state index is 11.7. The summed E-state index contributed by atoms with van der Waals surface area (Å²) in [5, 5.41) is 14.3. The van der Waals surface area contributed by atoms with Crippen molar-refractivity contribution in [2.24, 2.45) is 0 Å². The fraction of sp³-hybridized carbons (Fsp3) is 0.133. The largest absolute Gasteiger partial charge is 0.347 e. The van der Waals surface area contributed by atoms with Gasteiger partial charge in [-0.15, -0.1) is 16.8 Å². The predicted octanol–water partition coefficient (Wildman–Crippen LogP) is 3.10. The Balaban J connectivity index is 2.08. The number of aromatic nitrogens is 2. The van der Waals surface area contributed by atoms with E-state index in [0.29, 0.717) is 17.4 Å². The first-order chi connectivity index (χ1) is 10.1. The van der Waals surface area contributed by atoms with Gasteiger partial charge in [-0.3, -0.25) is 4.79 Å². The van der Waals surface area contributed by atoms with Crippen molar-refractivity contribution in [3.8, 4) is 0 Å². The molecule has 5 nitrogen and oxygen atoms in total. The Kier molecular flexibility index (Phi) is 4.90. The lowest BCUT2D eigenvalue weighted by atomic mass is 10.2. The van der Waals surface area contributed by atoms with Crippen molar-refractivity contribution in [3.05, 3.63) is 59.3 Å². The van der Waals surface area contributed by atoms with Gasteiger partial charge < -0.3 is 10.6 Å². The number of amides is 1. The number of anilines is 2. The molecule has 1 heterocycles. The van der Waals surface area contributed by atoms with Gasteiger partial charge in [0.25, 0.3) is 5.91 Å². The monoisotopic (exact) mass is 302 g/mol. The standard InChI is InChI=1S/C15H15ClN4O/c1-3-8-17-15(21)13-6-7-14(20-19-13)18-12-5-4-11(16)9-10(12)2/h3-7,9H,1,8H2,2H3,(H,17,21)(H,18,20). The lowest BCUT2D eigenvalue weighted by molar-refractivity contribution is 0.0952. The number of carbonyl (C=O) groups excluding carboxylic acids is 1. The van der Waals surface area contributed by atoms with Gasteiger partial charge in [-0.05, 0) is 42.8 Å². The van der Waals surface area contributed by atoms with Crippen LogP contribution in [-0.4, -0.2) is 22.6 Å². The van der Waals surface area contributed by atoms with Crippen molar-refractivity contribution in [1.82, 2.24) is 15.5 Å². The zero-order valence-corrected chi connectivity index (χ0v) is 12.3. The molecule has 0 aliphatic rings. The fourth-order valence-electron chi connectivity index (χ4n) is 1.68. The molecular formula is C15H15ClN4O. The number of hydrogen-bond acceptors (Lipinski definition) is 4. The highest BCUT2D eigenvalue weighted by molar-refractivity contribution is 6.30. The molecule has 2 N–H and O–H groups in total. The fourth-order valence-corrected chi connectivity index (χ4v) is 1.91. The van der Waals surface area contributed by atoms with Gasteiger partial charge in [-0.25, -0.2) is 0 Å². The van der Waals surface area contributed by atoms with Crippen LogP contribution in [0.25, 0.3) is 0 Å². The van der Waals surface area contributed by atoms with Crippen LogP contribution in [0.3, 0.4) is 0 Å². The summed E-state index contributed by atoms with van der Waals surface area (Å²) in [5.74, 6) is 0.275. The van der Waals surface area contributed by atoms with E-state index in [0.717, 1.165) is 11.3 Å². The number of nitrogens with one attached hydrogen (secondary N) is 2. The van der Waals surface area contributed by atoms with Crippen molar-refractivity contribution >= 4 is 29.0 Å². The molecule has 6 heteroatoms. The summed E-state index contributed by atoms with van der Waals surface area (Å²) < 4.78 is 0. The van der Waals surface area contributed by atoms with E-state index in [9.17, 15) is 4.79 Å². The molecule has 2 aromatic rings. The molecule has 0 aliphatic heterocycles. The predicted molar refractivity (Wildman–Crippen MR) is 84.0 cm³/mol. The molecule has 0 spiro atoms. The summed E-state index contributed by atoms with van der Waals surface area (Å²) >= 11 is 5.91. The van der Waals surface area contributed by atoms with E-state index in [2.05, 4.69) is 27.4 Å². The van der Waals surface area contributed by atoms with Crippen molar-refractivity contribution in [2.45, 2.75) is 6.92 Å². The third-order valence-corrected chi connectivity index (χ3v) is 2.99. The van der Waals surface area contributed by atoms with E-state index in [-0.39, 0.29) is 11.6 Å². The second kappa shape index (κ2) is 6.85. The SMILES string of the molecule is C=CCNC(=O)c1ccc(Nc2ccc(Cl)cc2C)nn1. The van der Waals surface area contributed by atoms with Gasteiger partial charge in [-0.1, -0.05) is 17.7 Å². The molecule has 0 fully saturated rings. The summed E-state index contributed by atoms with van der Waals surface area (Å²) in [6, 6.07) is 8.82. The van der Waals surface area contributed by atoms with Crippen LogP contribution >= 0.6 is 11.6 Å².